The molecule has 1 aromatic carbocycles. The lowest BCUT2D eigenvalue weighted by Gasteiger charge is -2.00. The van der Waals surface area contributed by atoms with Gasteiger partial charge < -0.3 is 4.98 Å². The highest BCUT2D eigenvalue weighted by atomic mass is 16.1. The first-order valence-electron chi connectivity index (χ1n) is 5.05. The van der Waals surface area contributed by atoms with E-state index in [0.717, 1.165) is 18.4 Å². The monoisotopic (exact) mass is 197 g/mol. The van der Waals surface area contributed by atoms with Gasteiger partial charge in [0.25, 0.3) is 0 Å². The maximum absolute atomic E-state index is 10.7. The van der Waals surface area contributed by atoms with Crippen molar-refractivity contribution in [2.24, 2.45) is 0 Å². The molecule has 1 N–H and O–H groups in total. The quantitative estimate of drug-likeness (QED) is 0.598. The van der Waals surface area contributed by atoms with Crippen molar-refractivity contribution in [3.8, 4) is 11.3 Å². The zero-order chi connectivity index (χ0) is 10.4. The Kier molecular flexibility index (Phi) is 1.60. The number of aldehydes is 1. The van der Waals surface area contributed by atoms with Gasteiger partial charge in [-0.2, -0.15) is 0 Å². The molecule has 15 heavy (non-hydrogen) atoms. The Morgan fingerprint density at radius 3 is 2.93 bits per heavy atom. The number of rotatable bonds is 1. The van der Waals surface area contributed by atoms with Crippen LogP contribution in [0.3, 0.4) is 0 Å². The summed E-state index contributed by atoms with van der Waals surface area (Å²) in [6.07, 6.45) is 1.81. The molecule has 0 saturated heterocycles. The highest BCUT2D eigenvalue weighted by Crippen LogP contribution is 2.36. The van der Waals surface area contributed by atoms with Crippen molar-refractivity contribution in [1.29, 1.82) is 0 Å². The van der Waals surface area contributed by atoms with Crippen molar-refractivity contribution in [1.82, 2.24) is 4.98 Å². The summed E-state index contributed by atoms with van der Waals surface area (Å²) < 4.78 is 0. The maximum atomic E-state index is 10.7. The summed E-state index contributed by atoms with van der Waals surface area (Å²) >= 11 is 0. The topological polar surface area (TPSA) is 32.9 Å². The predicted molar refractivity (Wildman–Crippen MR) is 59.2 cm³/mol. The molecule has 1 heterocycles. The van der Waals surface area contributed by atoms with Crippen molar-refractivity contribution in [2.75, 3.05) is 0 Å². The zero-order valence-corrected chi connectivity index (χ0v) is 8.50. The molecule has 74 valence electrons. The van der Waals surface area contributed by atoms with Crippen molar-refractivity contribution < 1.29 is 4.79 Å². The molecule has 0 amide bonds. The van der Waals surface area contributed by atoms with Crippen molar-refractivity contribution in [2.45, 2.75) is 13.3 Å². The van der Waals surface area contributed by atoms with Gasteiger partial charge in [-0.05, 0) is 30.2 Å². The van der Waals surface area contributed by atoms with Gasteiger partial charge in [-0.15, -0.1) is 0 Å². The fourth-order valence-electron chi connectivity index (χ4n) is 2.25. The fraction of sp³-hybridized carbons (Fsp3) is 0.154. The molecule has 0 saturated carbocycles. The second-order valence-electron chi connectivity index (χ2n) is 4.08. The minimum Gasteiger partial charge on any atom is -0.352 e. The van der Waals surface area contributed by atoms with E-state index in [9.17, 15) is 4.79 Å². The number of benzene rings is 1. The second kappa shape index (κ2) is 2.83. The number of aromatic amines is 1. The summed E-state index contributed by atoms with van der Waals surface area (Å²) in [5.41, 5.74) is 6.88. The average Bonchev–Trinajstić information content (AvgIpc) is 2.75. The highest BCUT2D eigenvalue weighted by molar-refractivity contribution is 5.81. The normalized spacial score (nSPS) is 12.3. The zero-order valence-electron chi connectivity index (χ0n) is 8.50. The molecule has 0 fully saturated rings. The number of aromatic nitrogens is 1. The van der Waals surface area contributed by atoms with Gasteiger partial charge in [-0.1, -0.05) is 17.7 Å². The first-order chi connectivity index (χ1) is 7.28. The molecule has 2 heteroatoms. The molecular formula is C13H11NO. The minimum atomic E-state index is 0.673. The van der Waals surface area contributed by atoms with E-state index in [-0.39, 0.29) is 0 Å². The van der Waals surface area contributed by atoms with E-state index in [0.29, 0.717) is 5.69 Å². The summed E-state index contributed by atoms with van der Waals surface area (Å²) in [6, 6.07) is 8.41. The molecule has 2 nitrogen and oxygen atoms in total. The van der Waals surface area contributed by atoms with Gasteiger partial charge in [0.05, 0.1) is 5.69 Å². The number of carbonyl (C=O) groups excluding carboxylic acids is 1. The first-order valence-corrected chi connectivity index (χ1v) is 5.05. The third-order valence-corrected chi connectivity index (χ3v) is 2.96. The van der Waals surface area contributed by atoms with Crippen LogP contribution in [0.5, 0.6) is 0 Å². The van der Waals surface area contributed by atoms with Crippen LogP contribution in [-0.2, 0) is 6.42 Å². The molecule has 0 radical (unpaired) electrons. The van der Waals surface area contributed by atoms with Crippen LogP contribution in [0.4, 0.5) is 0 Å². The minimum absolute atomic E-state index is 0.673. The molecule has 3 rings (SSSR count). The van der Waals surface area contributed by atoms with Gasteiger partial charge in [0.15, 0.2) is 6.29 Å². The molecule has 1 aliphatic rings. The van der Waals surface area contributed by atoms with Crippen molar-refractivity contribution in [3.05, 3.63) is 46.6 Å². The number of fused-ring (bicyclic) bond motifs is 3. The second-order valence-corrected chi connectivity index (χ2v) is 4.08. The third-order valence-electron chi connectivity index (χ3n) is 2.96. The van der Waals surface area contributed by atoms with Gasteiger partial charge >= 0.3 is 0 Å². The number of hydrogen-bond acceptors (Lipinski definition) is 1. The summed E-state index contributed by atoms with van der Waals surface area (Å²) in [4.78, 5) is 13.8. The summed E-state index contributed by atoms with van der Waals surface area (Å²) in [5, 5.41) is 0. The van der Waals surface area contributed by atoms with Crippen LogP contribution >= 0.6 is 0 Å². The average molecular weight is 197 g/mol. The molecule has 1 aromatic heterocycles. The van der Waals surface area contributed by atoms with E-state index in [1.165, 1.54) is 22.3 Å². The Morgan fingerprint density at radius 1 is 1.27 bits per heavy atom. The van der Waals surface area contributed by atoms with Gasteiger partial charge in [-0.25, -0.2) is 0 Å². The van der Waals surface area contributed by atoms with Crippen LogP contribution in [0, 0.1) is 6.92 Å². The number of aryl methyl sites for hydroxylation is 1. The van der Waals surface area contributed by atoms with Crippen molar-refractivity contribution >= 4 is 6.29 Å². The van der Waals surface area contributed by atoms with Gasteiger partial charge in [-0.3, -0.25) is 4.79 Å². The van der Waals surface area contributed by atoms with Crippen LogP contribution in [0.15, 0.2) is 24.3 Å². The van der Waals surface area contributed by atoms with E-state index in [1.807, 2.05) is 6.07 Å². The number of H-pyrrole nitrogens is 1. The van der Waals surface area contributed by atoms with Gasteiger partial charge in [0.1, 0.15) is 0 Å². The standard InChI is InChI=1S/C13H11NO/c1-8-2-3-9-5-10-6-11(7-15)14-13(10)12(9)4-8/h2-4,6-7,14H,5H2,1H3. The molecule has 0 bridgehead atoms. The lowest BCUT2D eigenvalue weighted by atomic mass is 10.1. The van der Waals surface area contributed by atoms with Crippen LogP contribution in [0.25, 0.3) is 11.3 Å². The SMILES string of the molecule is Cc1ccc2c(c1)-c1[nH]c(C=O)cc1C2. The summed E-state index contributed by atoms with van der Waals surface area (Å²) in [7, 11) is 0. The van der Waals surface area contributed by atoms with Crippen LogP contribution < -0.4 is 0 Å². The Morgan fingerprint density at radius 2 is 2.13 bits per heavy atom. The Labute approximate surface area is 87.9 Å². The number of carbonyl (C=O) groups is 1. The van der Waals surface area contributed by atoms with Gasteiger partial charge in [0, 0.05) is 17.7 Å². The van der Waals surface area contributed by atoms with Crippen molar-refractivity contribution in [3.63, 3.8) is 0 Å². The van der Waals surface area contributed by atoms with Crippen LogP contribution in [-0.4, -0.2) is 11.3 Å². The predicted octanol–water partition coefficient (Wildman–Crippen LogP) is 2.71. The largest absolute Gasteiger partial charge is 0.352 e. The fourth-order valence-corrected chi connectivity index (χ4v) is 2.25. The van der Waals surface area contributed by atoms with E-state index in [1.54, 1.807) is 0 Å². The molecule has 0 spiro atoms. The molecule has 0 unspecified atom stereocenters. The summed E-state index contributed by atoms with van der Waals surface area (Å²) in [6.45, 7) is 2.09. The number of hydrogen-bond donors (Lipinski definition) is 1. The Hall–Kier alpha value is -1.83. The Bertz CT molecular complexity index is 552. The summed E-state index contributed by atoms with van der Waals surface area (Å²) in [5.74, 6) is 0. The van der Waals surface area contributed by atoms with Gasteiger partial charge in [0.2, 0.25) is 0 Å². The number of nitrogens with one attached hydrogen (secondary N) is 1. The molecule has 2 aromatic rings. The smallest absolute Gasteiger partial charge is 0.166 e. The van der Waals surface area contributed by atoms with E-state index in [4.69, 9.17) is 0 Å². The maximum Gasteiger partial charge on any atom is 0.166 e. The third kappa shape index (κ3) is 1.14. The molecule has 0 aliphatic heterocycles. The van der Waals surface area contributed by atoms with Crippen LogP contribution in [0.1, 0.15) is 27.2 Å². The van der Waals surface area contributed by atoms with Crippen LogP contribution in [0.2, 0.25) is 0 Å². The highest BCUT2D eigenvalue weighted by Gasteiger charge is 2.20. The van der Waals surface area contributed by atoms with E-state index < -0.39 is 0 Å². The van der Waals surface area contributed by atoms with E-state index in [2.05, 4.69) is 30.1 Å². The first kappa shape index (κ1) is 8.48. The Balaban J connectivity index is 2.23. The lowest BCUT2D eigenvalue weighted by Crippen LogP contribution is -1.84. The lowest BCUT2D eigenvalue weighted by molar-refractivity contribution is 0.111. The molecular weight excluding hydrogens is 186 g/mol. The van der Waals surface area contributed by atoms with E-state index >= 15 is 0 Å². The molecule has 0 atom stereocenters. The molecule has 1 aliphatic carbocycles.